The van der Waals surface area contributed by atoms with Gasteiger partial charge in [0.1, 0.15) is 0 Å². The van der Waals surface area contributed by atoms with Crippen LogP contribution in [0.2, 0.25) is 0 Å². The fourth-order valence-corrected chi connectivity index (χ4v) is 2.20. The Labute approximate surface area is 154 Å². The Balaban J connectivity index is 3.46. The molecule has 2 unspecified atom stereocenters. The molecule has 29 heavy (non-hydrogen) atoms. The van der Waals surface area contributed by atoms with Gasteiger partial charge < -0.3 is 5.11 Å². The first-order chi connectivity index (χ1) is 12.7. The zero-order valence-electron chi connectivity index (χ0n) is 13.9. The second kappa shape index (κ2) is 7.20. The number of aliphatic hydroxyl groups excluding tert-OH is 1. The molecule has 0 fully saturated rings. The largest absolute Gasteiger partial charge is 0.460 e. The van der Waals surface area contributed by atoms with Gasteiger partial charge in [-0.05, 0) is 5.56 Å². The predicted octanol–water partition coefficient (Wildman–Crippen LogP) is 6.09. The van der Waals surface area contributed by atoms with E-state index >= 15 is 0 Å². The molecule has 0 aliphatic heterocycles. The maximum absolute atomic E-state index is 14.0. The van der Waals surface area contributed by atoms with Crippen LogP contribution < -0.4 is 0 Å². The average Bonchev–Trinajstić information content (AvgIpc) is 2.59. The van der Waals surface area contributed by atoms with Crippen LogP contribution >= 0.6 is 0 Å². The summed E-state index contributed by atoms with van der Waals surface area (Å²) in [6.45, 7) is 0.00169. The van der Waals surface area contributed by atoms with Gasteiger partial charge in [0.2, 0.25) is 0 Å². The number of hydrogen-bond donors (Lipinski definition) is 1. The van der Waals surface area contributed by atoms with Crippen molar-refractivity contribution in [2.24, 2.45) is 5.92 Å². The number of hydrogen-bond acceptors (Lipinski definition) is 1. The highest BCUT2D eigenvalue weighted by Crippen LogP contribution is 2.61. The summed E-state index contributed by atoms with van der Waals surface area (Å²) in [5.41, 5.74) is -0.564. The van der Waals surface area contributed by atoms with E-state index in [9.17, 15) is 62.2 Å². The minimum absolute atomic E-state index is 0.00169. The Morgan fingerprint density at radius 1 is 0.621 bits per heavy atom. The van der Waals surface area contributed by atoms with Crippen LogP contribution in [0.5, 0.6) is 0 Å². The molecule has 0 saturated heterocycles. The lowest BCUT2D eigenvalue weighted by molar-refractivity contribution is -0.444. The first-order valence-electron chi connectivity index (χ1n) is 7.36. The molecule has 0 spiro atoms. The first kappa shape index (κ1) is 25.3. The Kier molecular flexibility index (Phi) is 6.28. The molecule has 1 nitrogen and oxygen atoms in total. The van der Waals surface area contributed by atoms with Crippen LogP contribution in [0.1, 0.15) is 18.6 Å². The lowest BCUT2D eigenvalue weighted by Gasteiger charge is -2.42. The molecule has 168 valence electrons. The zero-order chi connectivity index (χ0) is 23.3. The van der Waals surface area contributed by atoms with Crippen LogP contribution in [0.4, 0.5) is 57.1 Å². The van der Waals surface area contributed by atoms with Crippen LogP contribution in [0.25, 0.3) is 0 Å². The molecule has 14 heteroatoms. The van der Waals surface area contributed by atoms with E-state index in [0.29, 0.717) is 0 Å². The monoisotopic (exact) mass is 454 g/mol. The highest BCUT2D eigenvalue weighted by Gasteiger charge is 2.91. The maximum Gasteiger partial charge on any atom is 0.460 e. The molecule has 1 rings (SSSR count). The van der Waals surface area contributed by atoms with Gasteiger partial charge in [-0.25, -0.2) is 0 Å². The summed E-state index contributed by atoms with van der Waals surface area (Å²) in [4.78, 5) is 0. The normalized spacial score (nSPS) is 17.2. The fourth-order valence-electron chi connectivity index (χ4n) is 2.20. The highest BCUT2D eigenvalue weighted by molar-refractivity contribution is 5.20. The second-order valence-electron chi connectivity index (χ2n) is 6.06. The van der Waals surface area contributed by atoms with E-state index in [1.807, 2.05) is 0 Å². The van der Waals surface area contributed by atoms with E-state index in [-0.39, 0.29) is 6.92 Å². The van der Waals surface area contributed by atoms with Crippen molar-refractivity contribution in [2.75, 3.05) is 0 Å². The van der Waals surface area contributed by atoms with E-state index in [1.54, 1.807) is 0 Å². The lowest BCUT2D eigenvalue weighted by Crippen LogP contribution is -2.71. The van der Waals surface area contributed by atoms with E-state index in [1.165, 1.54) is 6.07 Å². The van der Waals surface area contributed by atoms with Crippen molar-refractivity contribution in [3.8, 4) is 0 Å². The SMILES string of the molecule is CC(C(O)c1ccccc1)C(F)(F)C(F)(F)C(F)(F)C(F)(F)C(F)(F)C(F)(F)F. The summed E-state index contributed by atoms with van der Waals surface area (Å²) in [5, 5.41) is 9.67. The quantitative estimate of drug-likeness (QED) is 0.495. The molecular formula is C15H11F13O. The number of halogens is 13. The van der Waals surface area contributed by atoms with Gasteiger partial charge >= 0.3 is 35.8 Å². The predicted molar refractivity (Wildman–Crippen MR) is 71.4 cm³/mol. The Hall–Kier alpha value is -1.73. The van der Waals surface area contributed by atoms with Gasteiger partial charge in [-0.1, -0.05) is 37.3 Å². The molecule has 0 aromatic heterocycles. The van der Waals surface area contributed by atoms with Gasteiger partial charge in [0.15, 0.2) is 0 Å². The molecule has 0 radical (unpaired) electrons. The summed E-state index contributed by atoms with van der Waals surface area (Å²) in [6.07, 6.45) is -10.1. The van der Waals surface area contributed by atoms with E-state index in [2.05, 4.69) is 0 Å². The van der Waals surface area contributed by atoms with Crippen molar-refractivity contribution < 1.29 is 62.2 Å². The van der Waals surface area contributed by atoms with Crippen molar-refractivity contribution in [1.29, 1.82) is 0 Å². The molecule has 2 atom stereocenters. The van der Waals surface area contributed by atoms with Crippen molar-refractivity contribution >= 4 is 0 Å². The Bertz CT molecular complexity index is 696. The smallest absolute Gasteiger partial charge is 0.388 e. The number of aliphatic hydroxyl groups is 1. The van der Waals surface area contributed by atoms with Gasteiger partial charge in [-0.15, -0.1) is 0 Å². The Morgan fingerprint density at radius 2 is 1.00 bits per heavy atom. The zero-order valence-corrected chi connectivity index (χ0v) is 13.9. The van der Waals surface area contributed by atoms with Gasteiger partial charge in [-0.2, -0.15) is 57.1 Å². The highest BCUT2D eigenvalue weighted by atomic mass is 19.4. The third-order valence-corrected chi connectivity index (χ3v) is 4.14. The van der Waals surface area contributed by atoms with Gasteiger partial charge in [0.25, 0.3) is 0 Å². The molecule has 0 amide bonds. The molecule has 1 aromatic carbocycles. The van der Waals surface area contributed by atoms with E-state index in [0.717, 1.165) is 24.3 Å². The molecule has 0 heterocycles. The summed E-state index contributed by atoms with van der Waals surface area (Å²) in [5.74, 6) is -40.7. The summed E-state index contributed by atoms with van der Waals surface area (Å²) in [6, 6.07) is 5.17. The van der Waals surface area contributed by atoms with Crippen LogP contribution in [-0.2, 0) is 0 Å². The Morgan fingerprint density at radius 3 is 1.38 bits per heavy atom. The topological polar surface area (TPSA) is 20.2 Å². The molecule has 0 bridgehead atoms. The average molecular weight is 454 g/mol. The second-order valence-corrected chi connectivity index (χ2v) is 6.06. The lowest BCUT2D eigenvalue weighted by atomic mass is 9.84. The molecule has 0 saturated carbocycles. The van der Waals surface area contributed by atoms with Crippen molar-refractivity contribution in [3.63, 3.8) is 0 Å². The third-order valence-electron chi connectivity index (χ3n) is 4.14. The summed E-state index contributed by atoms with van der Waals surface area (Å²) >= 11 is 0. The van der Waals surface area contributed by atoms with Crippen molar-refractivity contribution in [2.45, 2.75) is 48.8 Å². The first-order valence-corrected chi connectivity index (χ1v) is 7.36. The fraction of sp³-hybridized carbons (Fsp3) is 0.600. The van der Waals surface area contributed by atoms with Crippen molar-refractivity contribution in [1.82, 2.24) is 0 Å². The van der Waals surface area contributed by atoms with Gasteiger partial charge in [-0.3, -0.25) is 0 Å². The minimum atomic E-state index is -7.96. The van der Waals surface area contributed by atoms with Gasteiger partial charge in [0, 0.05) is 0 Å². The van der Waals surface area contributed by atoms with Crippen LogP contribution in [0, 0.1) is 5.92 Å². The maximum atomic E-state index is 14.0. The minimum Gasteiger partial charge on any atom is -0.388 e. The molecule has 0 aliphatic rings. The van der Waals surface area contributed by atoms with E-state index in [4.69, 9.17) is 0 Å². The number of benzene rings is 1. The van der Waals surface area contributed by atoms with E-state index < -0.39 is 53.4 Å². The van der Waals surface area contributed by atoms with Gasteiger partial charge in [0.05, 0.1) is 12.0 Å². The standard InChI is InChI=1S/C15H11F13O/c1-7(9(29)8-5-3-2-4-6-8)10(16,17)11(18,19)12(20,21)13(22,23)14(24,25)15(26,27)28/h2-7,9,29H,1H3. The van der Waals surface area contributed by atoms with Crippen LogP contribution in [0.3, 0.4) is 0 Å². The summed E-state index contributed by atoms with van der Waals surface area (Å²) < 4.78 is 170. The summed E-state index contributed by atoms with van der Waals surface area (Å²) in [7, 11) is 0. The number of alkyl halides is 13. The van der Waals surface area contributed by atoms with Crippen LogP contribution in [-0.4, -0.2) is 40.9 Å². The molecule has 1 aromatic rings. The molecule has 1 N–H and O–H groups in total. The molecule has 0 aliphatic carbocycles. The van der Waals surface area contributed by atoms with Crippen LogP contribution in [0.15, 0.2) is 30.3 Å². The molecular weight excluding hydrogens is 443 g/mol. The van der Waals surface area contributed by atoms with Crippen molar-refractivity contribution in [3.05, 3.63) is 35.9 Å². The third kappa shape index (κ3) is 3.63. The number of rotatable bonds is 7.